The van der Waals surface area contributed by atoms with Gasteiger partial charge in [0, 0.05) is 18.7 Å². The molecule has 7 heteroatoms. The number of nitrogens with one attached hydrogen (secondary N) is 1. The van der Waals surface area contributed by atoms with Crippen LogP contribution in [0.1, 0.15) is 34.7 Å². The molecule has 1 heterocycles. The first kappa shape index (κ1) is 21.6. The number of aromatic nitrogens is 1. The molecule has 0 saturated carbocycles. The van der Waals surface area contributed by atoms with Crippen LogP contribution in [0.15, 0.2) is 72.9 Å². The van der Waals surface area contributed by atoms with Crippen molar-refractivity contribution in [2.75, 3.05) is 13.2 Å². The highest BCUT2D eigenvalue weighted by atomic mass is 19.4. The number of nitrogens with zero attached hydrogens (tertiary/aromatic N) is 1. The van der Waals surface area contributed by atoms with Gasteiger partial charge in [0.15, 0.2) is 0 Å². The SMILES string of the molecule is O=C(NCCC=Cc1ccc(C(F)(F)F)cn1)OCC1c2ccccc2-c2ccccc21. The Kier molecular flexibility index (Phi) is 6.25. The summed E-state index contributed by atoms with van der Waals surface area (Å²) in [6.07, 6.45) is -0.268. The number of halogens is 3. The van der Waals surface area contributed by atoms with Gasteiger partial charge in [-0.1, -0.05) is 54.6 Å². The van der Waals surface area contributed by atoms with Crippen LogP contribution in [0.25, 0.3) is 17.2 Å². The van der Waals surface area contributed by atoms with Gasteiger partial charge in [0.1, 0.15) is 6.61 Å². The minimum atomic E-state index is -4.40. The van der Waals surface area contributed by atoms with Crippen LogP contribution in [0.4, 0.5) is 18.0 Å². The van der Waals surface area contributed by atoms with Gasteiger partial charge in [-0.15, -0.1) is 0 Å². The van der Waals surface area contributed by atoms with Crippen molar-refractivity contribution in [3.8, 4) is 11.1 Å². The number of alkyl carbamates (subject to hydrolysis) is 1. The minimum Gasteiger partial charge on any atom is -0.449 e. The van der Waals surface area contributed by atoms with E-state index in [4.69, 9.17) is 4.74 Å². The third-order valence-electron chi connectivity index (χ3n) is 5.33. The lowest BCUT2D eigenvalue weighted by Gasteiger charge is -2.14. The second kappa shape index (κ2) is 9.26. The van der Waals surface area contributed by atoms with Crippen LogP contribution in [-0.4, -0.2) is 24.2 Å². The summed E-state index contributed by atoms with van der Waals surface area (Å²) >= 11 is 0. The zero-order chi connectivity index (χ0) is 22.6. The fraction of sp³-hybridized carbons (Fsp3) is 0.200. The zero-order valence-electron chi connectivity index (χ0n) is 17.1. The Hall–Kier alpha value is -3.61. The first-order chi connectivity index (χ1) is 15.4. The van der Waals surface area contributed by atoms with E-state index < -0.39 is 17.8 Å². The molecule has 1 N–H and O–H groups in total. The fourth-order valence-electron chi connectivity index (χ4n) is 3.78. The van der Waals surface area contributed by atoms with Gasteiger partial charge in [-0.05, 0) is 46.9 Å². The van der Waals surface area contributed by atoms with Gasteiger partial charge < -0.3 is 10.1 Å². The second-order valence-electron chi connectivity index (χ2n) is 7.41. The summed E-state index contributed by atoms with van der Waals surface area (Å²) in [5.41, 5.74) is 4.26. The Labute approximate surface area is 183 Å². The standard InChI is InChI=1S/C25H21F3N2O2/c26-25(27,28)17-12-13-18(30-15-17)7-5-6-14-29-24(31)32-16-23-21-10-3-1-8-19(21)20-9-2-4-11-22(20)23/h1-5,7-13,15,23H,6,14,16H2,(H,29,31). The fourth-order valence-corrected chi connectivity index (χ4v) is 3.78. The van der Waals surface area contributed by atoms with Crippen molar-refractivity contribution in [2.45, 2.75) is 18.5 Å². The van der Waals surface area contributed by atoms with Gasteiger partial charge in [-0.3, -0.25) is 4.98 Å². The number of carbonyl (C=O) groups excluding carboxylic acids is 1. The lowest BCUT2D eigenvalue weighted by Crippen LogP contribution is -2.26. The normalized spacial score (nSPS) is 13.1. The molecule has 0 atom stereocenters. The number of fused-ring (bicyclic) bond motifs is 3. The Morgan fingerprint density at radius 3 is 2.25 bits per heavy atom. The van der Waals surface area contributed by atoms with Crippen molar-refractivity contribution in [3.05, 3.63) is 95.3 Å². The van der Waals surface area contributed by atoms with Crippen LogP contribution in [-0.2, 0) is 10.9 Å². The maximum Gasteiger partial charge on any atom is 0.417 e. The maximum absolute atomic E-state index is 12.5. The van der Waals surface area contributed by atoms with E-state index >= 15 is 0 Å². The van der Waals surface area contributed by atoms with E-state index in [2.05, 4.69) is 34.6 Å². The summed E-state index contributed by atoms with van der Waals surface area (Å²) < 4.78 is 43.1. The van der Waals surface area contributed by atoms with E-state index in [0.29, 0.717) is 18.7 Å². The second-order valence-corrected chi connectivity index (χ2v) is 7.41. The third kappa shape index (κ3) is 4.82. The Balaban J connectivity index is 1.24. The number of ether oxygens (including phenoxy) is 1. The number of pyridine rings is 1. The topological polar surface area (TPSA) is 51.2 Å². The van der Waals surface area contributed by atoms with Crippen molar-refractivity contribution >= 4 is 12.2 Å². The molecule has 4 rings (SSSR count). The lowest BCUT2D eigenvalue weighted by atomic mass is 9.98. The zero-order valence-corrected chi connectivity index (χ0v) is 17.1. The molecule has 0 spiro atoms. The first-order valence-corrected chi connectivity index (χ1v) is 10.2. The number of amides is 1. The molecule has 0 fully saturated rings. The monoisotopic (exact) mass is 438 g/mol. The van der Waals surface area contributed by atoms with E-state index in [9.17, 15) is 18.0 Å². The molecule has 164 valence electrons. The number of rotatable bonds is 6. The molecule has 1 aromatic heterocycles. The van der Waals surface area contributed by atoms with Gasteiger partial charge in [0.25, 0.3) is 0 Å². The van der Waals surface area contributed by atoms with E-state index in [-0.39, 0.29) is 12.5 Å². The van der Waals surface area contributed by atoms with Crippen LogP contribution < -0.4 is 5.32 Å². The van der Waals surface area contributed by atoms with Crippen molar-refractivity contribution in [3.63, 3.8) is 0 Å². The molecule has 3 aromatic rings. The van der Waals surface area contributed by atoms with E-state index in [1.807, 2.05) is 24.3 Å². The summed E-state index contributed by atoms with van der Waals surface area (Å²) in [7, 11) is 0. The van der Waals surface area contributed by atoms with Crippen molar-refractivity contribution in [1.29, 1.82) is 0 Å². The van der Waals surface area contributed by atoms with Crippen molar-refractivity contribution in [1.82, 2.24) is 10.3 Å². The van der Waals surface area contributed by atoms with Crippen LogP contribution >= 0.6 is 0 Å². The van der Waals surface area contributed by atoms with Crippen LogP contribution in [0.3, 0.4) is 0 Å². The molecular formula is C25H21F3N2O2. The van der Waals surface area contributed by atoms with Crippen LogP contribution in [0.2, 0.25) is 0 Å². The molecule has 0 aliphatic heterocycles. The average Bonchev–Trinajstić information content (AvgIpc) is 3.11. The van der Waals surface area contributed by atoms with Crippen molar-refractivity contribution in [2.24, 2.45) is 0 Å². The molecule has 0 radical (unpaired) electrons. The molecule has 4 nitrogen and oxygen atoms in total. The van der Waals surface area contributed by atoms with Crippen molar-refractivity contribution < 1.29 is 22.7 Å². The molecule has 1 aliphatic rings. The maximum atomic E-state index is 12.5. The number of alkyl halides is 3. The highest BCUT2D eigenvalue weighted by Gasteiger charge is 2.30. The average molecular weight is 438 g/mol. The molecule has 1 amide bonds. The highest BCUT2D eigenvalue weighted by Crippen LogP contribution is 2.44. The smallest absolute Gasteiger partial charge is 0.417 e. The van der Waals surface area contributed by atoms with Crippen LogP contribution in [0.5, 0.6) is 0 Å². The van der Waals surface area contributed by atoms with Gasteiger partial charge in [-0.25, -0.2) is 4.79 Å². The van der Waals surface area contributed by atoms with E-state index in [1.165, 1.54) is 17.2 Å². The van der Waals surface area contributed by atoms with Gasteiger partial charge in [0.05, 0.1) is 11.3 Å². The van der Waals surface area contributed by atoms with Gasteiger partial charge >= 0.3 is 12.3 Å². The largest absolute Gasteiger partial charge is 0.449 e. The lowest BCUT2D eigenvalue weighted by molar-refractivity contribution is -0.137. The van der Waals surface area contributed by atoms with E-state index in [1.54, 1.807) is 12.2 Å². The molecule has 0 saturated heterocycles. The predicted octanol–water partition coefficient (Wildman–Crippen LogP) is 6.04. The molecule has 2 aromatic carbocycles. The first-order valence-electron chi connectivity index (χ1n) is 10.2. The molecule has 0 bridgehead atoms. The predicted molar refractivity (Wildman–Crippen MR) is 116 cm³/mol. The number of benzene rings is 2. The van der Waals surface area contributed by atoms with Gasteiger partial charge in [-0.2, -0.15) is 13.2 Å². The molecule has 32 heavy (non-hydrogen) atoms. The van der Waals surface area contributed by atoms with E-state index in [0.717, 1.165) is 23.4 Å². The molecule has 0 unspecified atom stereocenters. The summed E-state index contributed by atoms with van der Waals surface area (Å²) in [4.78, 5) is 15.9. The Morgan fingerprint density at radius 2 is 1.66 bits per heavy atom. The summed E-state index contributed by atoms with van der Waals surface area (Å²) in [6, 6.07) is 18.5. The summed E-state index contributed by atoms with van der Waals surface area (Å²) in [5, 5.41) is 2.69. The minimum absolute atomic E-state index is 0.00112. The number of hydrogen-bond donors (Lipinski definition) is 1. The molecular weight excluding hydrogens is 417 g/mol. The number of hydrogen-bond acceptors (Lipinski definition) is 3. The quantitative estimate of drug-likeness (QED) is 0.477. The van der Waals surface area contributed by atoms with Crippen LogP contribution in [0, 0.1) is 0 Å². The summed E-state index contributed by atoms with van der Waals surface area (Å²) in [5.74, 6) is -0.00112. The summed E-state index contributed by atoms with van der Waals surface area (Å²) in [6.45, 7) is 0.582. The Bertz CT molecular complexity index is 1080. The van der Waals surface area contributed by atoms with Gasteiger partial charge in [0.2, 0.25) is 0 Å². The third-order valence-corrected chi connectivity index (χ3v) is 5.33. The molecule has 1 aliphatic carbocycles. The Morgan fingerprint density at radius 1 is 1.00 bits per heavy atom. The highest BCUT2D eigenvalue weighted by molar-refractivity contribution is 5.79. The number of carbonyl (C=O) groups is 1.